The summed E-state index contributed by atoms with van der Waals surface area (Å²) in [5.41, 5.74) is 5.01. The van der Waals surface area contributed by atoms with Crippen molar-refractivity contribution in [3.8, 4) is 11.4 Å². The van der Waals surface area contributed by atoms with Crippen molar-refractivity contribution in [3.63, 3.8) is 0 Å². The van der Waals surface area contributed by atoms with Crippen LogP contribution in [0, 0.1) is 6.92 Å². The number of oxime groups is 1. The second-order valence-corrected chi connectivity index (χ2v) is 6.49. The number of hydrogen-bond acceptors (Lipinski definition) is 6. The molecular weight excluding hydrogens is 386 g/mol. The molecule has 0 atom stereocenters. The molecule has 2 aromatic carbocycles. The fourth-order valence-electron chi connectivity index (χ4n) is 2.97. The third-order valence-electron chi connectivity index (χ3n) is 4.47. The first kappa shape index (κ1) is 20.2. The zero-order chi connectivity index (χ0) is 19.5. The third kappa shape index (κ3) is 4.33. The van der Waals surface area contributed by atoms with Crippen molar-refractivity contribution in [2.45, 2.75) is 13.8 Å². The van der Waals surface area contributed by atoms with Crippen LogP contribution in [0.2, 0.25) is 0 Å². The summed E-state index contributed by atoms with van der Waals surface area (Å²) < 4.78 is 0. The topological polar surface area (TPSA) is 83.3 Å². The number of nitrogens with one attached hydrogen (secondary N) is 1. The molecular formula is C22H20ClN5O. The average molecular weight is 406 g/mol. The number of halogens is 1. The van der Waals surface area contributed by atoms with Crippen LogP contribution in [0.1, 0.15) is 18.2 Å². The van der Waals surface area contributed by atoms with Crippen LogP contribution in [0.4, 0.5) is 11.5 Å². The molecule has 0 saturated heterocycles. The van der Waals surface area contributed by atoms with Gasteiger partial charge in [-0.05, 0) is 55.8 Å². The average Bonchev–Trinajstić information content (AvgIpc) is 2.73. The number of fused-ring (bicyclic) bond motifs is 1. The molecule has 0 saturated carbocycles. The van der Waals surface area contributed by atoms with Crippen LogP contribution in [0.5, 0.6) is 0 Å². The van der Waals surface area contributed by atoms with Crippen molar-refractivity contribution >= 4 is 40.5 Å². The first-order valence-corrected chi connectivity index (χ1v) is 8.90. The quantitative estimate of drug-likeness (QED) is 0.271. The van der Waals surface area contributed by atoms with Gasteiger partial charge in [-0.3, -0.25) is 4.98 Å². The van der Waals surface area contributed by atoms with Crippen molar-refractivity contribution in [3.05, 3.63) is 78.1 Å². The Balaban J connectivity index is 0.00000240. The molecule has 2 aromatic heterocycles. The van der Waals surface area contributed by atoms with Gasteiger partial charge in [0.1, 0.15) is 5.82 Å². The van der Waals surface area contributed by atoms with Gasteiger partial charge >= 0.3 is 0 Å². The van der Waals surface area contributed by atoms with Gasteiger partial charge in [0.05, 0.1) is 11.2 Å². The van der Waals surface area contributed by atoms with E-state index in [0.29, 0.717) is 11.5 Å². The standard InChI is InChI=1S/C22H19N5O.ClH/c1-14-13-17(11-12-23-14)21-25-20-6-4-3-5-19(20)22(26-21)24-18-9-7-16(8-10-18)15(2)27-28;/h3-13,28H,1-2H3,(H,24,25,26);1H/b27-15+;. The molecule has 0 unspecified atom stereocenters. The zero-order valence-electron chi connectivity index (χ0n) is 16.0. The van der Waals surface area contributed by atoms with E-state index < -0.39 is 0 Å². The first-order chi connectivity index (χ1) is 13.6. The summed E-state index contributed by atoms with van der Waals surface area (Å²) in [4.78, 5) is 13.7. The minimum Gasteiger partial charge on any atom is -0.411 e. The minimum atomic E-state index is 0. The maximum Gasteiger partial charge on any atom is 0.162 e. The number of nitrogens with zero attached hydrogens (tertiary/aromatic N) is 4. The van der Waals surface area contributed by atoms with Crippen LogP contribution in [-0.2, 0) is 0 Å². The van der Waals surface area contributed by atoms with E-state index >= 15 is 0 Å². The second kappa shape index (κ2) is 8.67. The van der Waals surface area contributed by atoms with Crippen LogP contribution >= 0.6 is 12.4 Å². The Morgan fingerprint density at radius 1 is 1.00 bits per heavy atom. The molecule has 0 aliphatic heterocycles. The highest BCUT2D eigenvalue weighted by molar-refractivity contribution is 5.98. The molecule has 4 rings (SSSR count). The summed E-state index contributed by atoms with van der Waals surface area (Å²) in [6.07, 6.45) is 1.76. The Kier molecular flexibility index (Phi) is 6.04. The molecule has 146 valence electrons. The van der Waals surface area contributed by atoms with Crippen molar-refractivity contribution in [2.75, 3.05) is 5.32 Å². The molecule has 0 fully saturated rings. The number of aryl methyl sites for hydroxylation is 1. The SMILES string of the molecule is C/C(=N\O)c1ccc(Nc2nc(-c3ccnc(C)c3)nc3ccccc23)cc1.Cl. The smallest absolute Gasteiger partial charge is 0.162 e. The molecule has 0 aliphatic rings. The van der Waals surface area contributed by atoms with Gasteiger partial charge in [0.25, 0.3) is 0 Å². The lowest BCUT2D eigenvalue weighted by molar-refractivity contribution is 0.319. The van der Waals surface area contributed by atoms with Crippen LogP contribution in [-0.4, -0.2) is 25.9 Å². The Bertz CT molecular complexity index is 1180. The van der Waals surface area contributed by atoms with Gasteiger partial charge in [0.15, 0.2) is 5.82 Å². The van der Waals surface area contributed by atoms with Gasteiger partial charge < -0.3 is 10.5 Å². The summed E-state index contributed by atoms with van der Waals surface area (Å²) in [5.74, 6) is 1.38. The normalized spacial score (nSPS) is 11.2. The van der Waals surface area contributed by atoms with E-state index in [-0.39, 0.29) is 12.4 Å². The van der Waals surface area contributed by atoms with Gasteiger partial charge in [-0.25, -0.2) is 9.97 Å². The van der Waals surface area contributed by atoms with Gasteiger partial charge in [0, 0.05) is 28.5 Å². The van der Waals surface area contributed by atoms with Crippen molar-refractivity contribution < 1.29 is 5.21 Å². The molecule has 0 aliphatic carbocycles. The number of para-hydroxylation sites is 1. The molecule has 29 heavy (non-hydrogen) atoms. The second-order valence-electron chi connectivity index (χ2n) is 6.49. The van der Waals surface area contributed by atoms with Gasteiger partial charge in [-0.1, -0.05) is 29.4 Å². The van der Waals surface area contributed by atoms with E-state index in [4.69, 9.17) is 15.2 Å². The van der Waals surface area contributed by atoms with Gasteiger partial charge in [-0.15, -0.1) is 12.4 Å². The number of rotatable bonds is 4. The molecule has 0 spiro atoms. The molecule has 6 nitrogen and oxygen atoms in total. The lowest BCUT2D eigenvalue weighted by atomic mass is 10.1. The van der Waals surface area contributed by atoms with E-state index in [2.05, 4.69) is 15.5 Å². The maximum absolute atomic E-state index is 8.92. The van der Waals surface area contributed by atoms with Crippen LogP contribution in [0.3, 0.4) is 0 Å². The molecule has 2 heterocycles. The number of hydrogen-bond donors (Lipinski definition) is 2. The van der Waals surface area contributed by atoms with Crippen LogP contribution < -0.4 is 5.32 Å². The fourth-order valence-corrected chi connectivity index (χ4v) is 2.97. The van der Waals surface area contributed by atoms with Crippen LogP contribution in [0.25, 0.3) is 22.3 Å². The lowest BCUT2D eigenvalue weighted by Gasteiger charge is -2.12. The van der Waals surface area contributed by atoms with Crippen molar-refractivity contribution in [1.29, 1.82) is 0 Å². The van der Waals surface area contributed by atoms with Gasteiger partial charge in [-0.2, -0.15) is 0 Å². The molecule has 0 amide bonds. The van der Waals surface area contributed by atoms with E-state index in [1.54, 1.807) is 13.1 Å². The fraction of sp³-hybridized carbons (Fsp3) is 0.0909. The maximum atomic E-state index is 8.92. The van der Waals surface area contributed by atoms with E-state index in [1.165, 1.54) is 0 Å². The number of pyridine rings is 1. The van der Waals surface area contributed by atoms with Gasteiger partial charge in [0.2, 0.25) is 0 Å². The predicted molar refractivity (Wildman–Crippen MR) is 118 cm³/mol. The van der Waals surface area contributed by atoms with E-state index in [0.717, 1.165) is 39.2 Å². The Morgan fingerprint density at radius 2 is 1.76 bits per heavy atom. The number of benzene rings is 2. The van der Waals surface area contributed by atoms with E-state index in [9.17, 15) is 0 Å². The largest absolute Gasteiger partial charge is 0.411 e. The monoisotopic (exact) mass is 405 g/mol. The summed E-state index contributed by atoms with van der Waals surface area (Å²) in [6.45, 7) is 3.70. The number of aromatic nitrogens is 3. The number of anilines is 2. The molecule has 2 N–H and O–H groups in total. The van der Waals surface area contributed by atoms with E-state index in [1.807, 2.05) is 67.6 Å². The van der Waals surface area contributed by atoms with Crippen LogP contribution in [0.15, 0.2) is 72.0 Å². The predicted octanol–water partition coefficient (Wildman–Crippen LogP) is 5.36. The zero-order valence-corrected chi connectivity index (χ0v) is 16.8. The highest BCUT2D eigenvalue weighted by atomic mass is 35.5. The highest BCUT2D eigenvalue weighted by Gasteiger charge is 2.10. The molecule has 7 heteroatoms. The molecule has 0 bridgehead atoms. The Labute approximate surface area is 174 Å². The Hall–Kier alpha value is -3.51. The van der Waals surface area contributed by atoms with Crippen molar-refractivity contribution in [2.24, 2.45) is 5.16 Å². The summed E-state index contributed by atoms with van der Waals surface area (Å²) in [7, 11) is 0. The molecule has 0 radical (unpaired) electrons. The highest BCUT2D eigenvalue weighted by Crippen LogP contribution is 2.27. The Morgan fingerprint density at radius 3 is 2.48 bits per heavy atom. The third-order valence-corrected chi connectivity index (χ3v) is 4.47. The minimum absolute atomic E-state index is 0. The summed E-state index contributed by atoms with van der Waals surface area (Å²) >= 11 is 0. The summed E-state index contributed by atoms with van der Waals surface area (Å²) in [6, 6.07) is 19.4. The lowest BCUT2D eigenvalue weighted by Crippen LogP contribution is -2.00. The first-order valence-electron chi connectivity index (χ1n) is 8.90. The molecule has 4 aromatic rings. The van der Waals surface area contributed by atoms with Crippen molar-refractivity contribution in [1.82, 2.24) is 15.0 Å². The summed E-state index contributed by atoms with van der Waals surface area (Å²) in [5, 5.41) is 16.5.